The standard InChI is InChI=1S/C19H13Cl2F4N5O/c1-26-17(31)11-6-9(2-4-13(11)20)29-18-27-8-15(22)16(30-18)28-10-3-5-14(21)12(7-10)19(23,24)25/h2-8H,1H3,(H,26,31)(H2,27,28,29,30). The Hall–Kier alpha value is -3.11. The maximum Gasteiger partial charge on any atom is 0.417 e. The molecule has 0 bridgehead atoms. The fourth-order valence-electron chi connectivity index (χ4n) is 2.51. The Morgan fingerprint density at radius 1 is 1.00 bits per heavy atom. The molecule has 0 unspecified atom stereocenters. The van der Waals surface area contributed by atoms with E-state index in [0.29, 0.717) is 5.69 Å². The lowest BCUT2D eigenvalue weighted by atomic mass is 10.2. The molecule has 2 aromatic carbocycles. The van der Waals surface area contributed by atoms with E-state index in [4.69, 9.17) is 23.2 Å². The van der Waals surface area contributed by atoms with E-state index >= 15 is 0 Å². The number of nitrogens with zero attached hydrogens (tertiary/aromatic N) is 2. The van der Waals surface area contributed by atoms with Gasteiger partial charge in [-0.1, -0.05) is 23.2 Å². The van der Waals surface area contributed by atoms with Crippen molar-refractivity contribution in [1.29, 1.82) is 0 Å². The van der Waals surface area contributed by atoms with Crippen LogP contribution in [0.15, 0.2) is 42.6 Å². The lowest BCUT2D eigenvalue weighted by Gasteiger charge is -2.13. The maximum absolute atomic E-state index is 14.1. The Bertz CT molecular complexity index is 1140. The Labute approximate surface area is 183 Å². The Morgan fingerprint density at radius 3 is 2.29 bits per heavy atom. The number of nitrogens with one attached hydrogen (secondary N) is 3. The van der Waals surface area contributed by atoms with Gasteiger partial charge >= 0.3 is 6.18 Å². The molecular weight excluding hydrogens is 461 g/mol. The first kappa shape index (κ1) is 22.6. The van der Waals surface area contributed by atoms with Gasteiger partial charge in [-0.3, -0.25) is 4.79 Å². The number of carbonyl (C=O) groups is 1. The van der Waals surface area contributed by atoms with Gasteiger partial charge in [0.2, 0.25) is 5.95 Å². The summed E-state index contributed by atoms with van der Waals surface area (Å²) in [6, 6.07) is 7.49. The quantitative estimate of drug-likeness (QED) is 0.408. The first-order chi connectivity index (χ1) is 14.6. The summed E-state index contributed by atoms with van der Waals surface area (Å²) in [4.78, 5) is 19.6. The number of anilines is 4. The highest BCUT2D eigenvalue weighted by atomic mass is 35.5. The molecule has 3 aromatic rings. The number of alkyl halides is 3. The summed E-state index contributed by atoms with van der Waals surface area (Å²) >= 11 is 11.6. The highest BCUT2D eigenvalue weighted by molar-refractivity contribution is 6.34. The van der Waals surface area contributed by atoms with Crippen molar-refractivity contribution in [3.8, 4) is 0 Å². The molecule has 3 N–H and O–H groups in total. The third-order valence-electron chi connectivity index (χ3n) is 3.97. The Kier molecular flexibility index (Phi) is 6.51. The van der Waals surface area contributed by atoms with E-state index in [1.807, 2.05) is 0 Å². The van der Waals surface area contributed by atoms with Gasteiger partial charge in [-0.05, 0) is 36.4 Å². The Balaban J connectivity index is 1.87. The molecule has 0 saturated carbocycles. The summed E-state index contributed by atoms with van der Waals surface area (Å²) in [5.74, 6) is -1.75. The zero-order valence-corrected chi connectivity index (χ0v) is 17.1. The second kappa shape index (κ2) is 8.94. The molecule has 0 fully saturated rings. The van der Waals surface area contributed by atoms with Gasteiger partial charge in [-0.25, -0.2) is 9.37 Å². The lowest BCUT2D eigenvalue weighted by molar-refractivity contribution is -0.137. The molecule has 1 aromatic heterocycles. The van der Waals surface area contributed by atoms with Crippen LogP contribution in [-0.4, -0.2) is 22.9 Å². The molecule has 31 heavy (non-hydrogen) atoms. The summed E-state index contributed by atoms with van der Waals surface area (Å²) in [6.45, 7) is 0. The summed E-state index contributed by atoms with van der Waals surface area (Å²) in [6.07, 6.45) is -3.84. The van der Waals surface area contributed by atoms with Crippen molar-refractivity contribution < 1.29 is 22.4 Å². The van der Waals surface area contributed by atoms with Crippen molar-refractivity contribution in [3.63, 3.8) is 0 Å². The number of benzene rings is 2. The van der Waals surface area contributed by atoms with Crippen molar-refractivity contribution in [2.75, 3.05) is 17.7 Å². The molecule has 0 aliphatic carbocycles. The van der Waals surface area contributed by atoms with E-state index in [1.165, 1.54) is 25.2 Å². The summed E-state index contributed by atoms with van der Waals surface area (Å²) in [5, 5.41) is 7.43. The number of halogens is 6. The van der Waals surface area contributed by atoms with Crippen LogP contribution < -0.4 is 16.0 Å². The van der Waals surface area contributed by atoms with Gasteiger partial charge in [0.1, 0.15) is 0 Å². The van der Waals surface area contributed by atoms with Crippen LogP contribution in [0.2, 0.25) is 10.0 Å². The van der Waals surface area contributed by atoms with Crippen LogP contribution in [0.3, 0.4) is 0 Å². The van der Waals surface area contributed by atoms with Crippen molar-refractivity contribution in [1.82, 2.24) is 15.3 Å². The monoisotopic (exact) mass is 473 g/mol. The first-order valence-electron chi connectivity index (χ1n) is 8.53. The molecule has 0 saturated heterocycles. The van der Waals surface area contributed by atoms with Crippen LogP contribution in [0.5, 0.6) is 0 Å². The molecule has 6 nitrogen and oxygen atoms in total. The number of aromatic nitrogens is 2. The summed E-state index contributed by atoms with van der Waals surface area (Å²) < 4.78 is 53.3. The number of amides is 1. The molecule has 0 spiro atoms. The predicted octanol–water partition coefficient (Wildman–Crippen LogP) is 5.79. The molecule has 0 atom stereocenters. The number of carbonyl (C=O) groups excluding carboxylic acids is 1. The van der Waals surface area contributed by atoms with Gasteiger partial charge in [-0.2, -0.15) is 18.2 Å². The second-order valence-corrected chi connectivity index (χ2v) is 6.92. The number of hydrogen-bond acceptors (Lipinski definition) is 5. The van der Waals surface area contributed by atoms with E-state index < -0.39 is 28.5 Å². The van der Waals surface area contributed by atoms with Crippen molar-refractivity contribution in [2.45, 2.75) is 6.18 Å². The third kappa shape index (κ3) is 5.33. The first-order valence-corrected chi connectivity index (χ1v) is 9.29. The topological polar surface area (TPSA) is 78.9 Å². The van der Waals surface area contributed by atoms with E-state index in [1.54, 1.807) is 6.07 Å². The molecule has 1 heterocycles. The normalized spacial score (nSPS) is 11.2. The number of rotatable bonds is 5. The van der Waals surface area contributed by atoms with E-state index in [0.717, 1.165) is 18.3 Å². The van der Waals surface area contributed by atoms with Crippen LogP contribution in [0.1, 0.15) is 15.9 Å². The van der Waals surface area contributed by atoms with Gasteiger partial charge in [0.15, 0.2) is 11.6 Å². The number of hydrogen-bond donors (Lipinski definition) is 3. The molecule has 1 amide bonds. The van der Waals surface area contributed by atoms with Crippen LogP contribution in [0.4, 0.5) is 40.7 Å². The van der Waals surface area contributed by atoms with Crippen molar-refractivity contribution in [2.24, 2.45) is 0 Å². The summed E-state index contributed by atoms with van der Waals surface area (Å²) in [5.41, 5.74) is -0.578. The highest BCUT2D eigenvalue weighted by Crippen LogP contribution is 2.36. The van der Waals surface area contributed by atoms with Gasteiger partial charge in [0.25, 0.3) is 5.91 Å². The van der Waals surface area contributed by atoms with E-state index in [9.17, 15) is 22.4 Å². The smallest absolute Gasteiger partial charge is 0.355 e. The minimum absolute atomic E-state index is 0.0703. The predicted molar refractivity (Wildman–Crippen MR) is 110 cm³/mol. The fourth-order valence-corrected chi connectivity index (χ4v) is 2.94. The van der Waals surface area contributed by atoms with Gasteiger partial charge in [0.05, 0.1) is 27.4 Å². The van der Waals surface area contributed by atoms with Crippen LogP contribution in [0.25, 0.3) is 0 Å². The van der Waals surface area contributed by atoms with Crippen LogP contribution in [0, 0.1) is 5.82 Å². The average molecular weight is 474 g/mol. The molecule has 12 heteroatoms. The van der Waals surface area contributed by atoms with Crippen LogP contribution >= 0.6 is 23.2 Å². The minimum Gasteiger partial charge on any atom is -0.355 e. The van der Waals surface area contributed by atoms with Gasteiger partial charge in [0, 0.05) is 18.4 Å². The maximum atomic E-state index is 14.1. The molecular formula is C19H13Cl2F4N5O. The largest absolute Gasteiger partial charge is 0.417 e. The third-order valence-corrected chi connectivity index (χ3v) is 4.63. The average Bonchev–Trinajstić information content (AvgIpc) is 2.72. The zero-order valence-electron chi connectivity index (χ0n) is 15.6. The lowest BCUT2D eigenvalue weighted by Crippen LogP contribution is -2.18. The fraction of sp³-hybridized carbons (Fsp3) is 0.105. The van der Waals surface area contributed by atoms with E-state index in [2.05, 4.69) is 25.9 Å². The second-order valence-electron chi connectivity index (χ2n) is 6.11. The van der Waals surface area contributed by atoms with E-state index in [-0.39, 0.29) is 28.0 Å². The van der Waals surface area contributed by atoms with Gasteiger partial charge in [-0.15, -0.1) is 0 Å². The van der Waals surface area contributed by atoms with Crippen LogP contribution in [-0.2, 0) is 6.18 Å². The molecule has 0 aliphatic rings. The molecule has 0 radical (unpaired) electrons. The minimum atomic E-state index is -4.68. The molecule has 0 aliphatic heterocycles. The highest BCUT2D eigenvalue weighted by Gasteiger charge is 2.33. The zero-order chi connectivity index (χ0) is 22.8. The molecule has 162 valence electrons. The molecule has 3 rings (SSSR count). The Morgan fingerprint density at radius 2 is 1.65 bits per heavy atom. The van der Waals surface area contributed by atoms with Crippen molar-refractivity contribution in [3.05, 3.63) is 69.6 Å². The SMILES string of the molecule is CNC(=O)c1cc(Nc2ncc(F)c(Nc3ccc(Cl)c(C(F)(F)F)c3)n2)ccc1Cl. The van der Waals surface area contributed by atoms with Gasteiger partial charge < -0.3 is 16.0 Å². The summed E-state index contributed by atoms with van der Waals surface area (Å²) in [7, 11) is 1.45. The van der Waals surface area contributed by atoms with Crippen molar-refractivity contribution >= 4 is 52.3 Å².